The van der Waals surface area contributed by atoms with Crippen LogP contribution in [-0.4, -0.2) is 52.6 Å². The molecule has 0 bridgehead atoms. The number of hydroxylamine groups is 2. The zero-order valence-corrected chi connectivity index (χ0v) is 17.9. The summed E-state index contributed by atoms with van der Waals surface area (Å²) in [5, 5.41) is 0.462. The summed E-state index contributed by atoms with van der Waals surface area (Å²) < 4.78 is 11.1. The van der Waals surface area contributed by atoms with Gasteiger partial charge in [-0.3, -0.25) is 9.59 Å². The lowest BCUT2D eigenvalue weighted by molar-refractivity contribution is -0.0584. The van der Waals surface area contributed by atoms with Crippen LogP contribution in [0.15, 0.2) is 42.5 Å². The van der Waals surface area contributed by atoms with Crippen LogP contribution in [0.4, 0.5) is 4.79 Å². The van der Waals surface area contributed by atoms with Crippen LogP contribution in [-0.2, 0) is 16.1 Å². The van der Waals surface area contributed by atoms with Crippen molar-refractivity contribution < 1.29 is 33.5 Å². The van der Waals surface area contributed by atoms with Crippen molar-refractivity contribution in [1.29, 1.82) is 0 Å². The molecule has 0 saturated carbocycles. The maximum Gasteiger partial charge on any atom is 0.410 e. The highest BCUT2D eigenvalue weighted by atomic mass is 16.7. The van der Waals surface area contributed by atoms with E-state index in [2.05, 4.69) is 0 Å². The van der Waals surface area contributed by atoms with E-state index in [0.29, 0.717) is 22.9 Å². The molecule has 0 fully saturated rings. The molecule has 0 aromatic heterocycles. The average Bonchev–Trinajstić information content (AvgIpc) is 2.89. The first-order chi connectivity index (χ1) is 15.1. The van der Waals surface area contributed by atoms with E-state index in [1.54, 1.807) is 39.0 Å². The number of carbonyl (C=O) groups is 4. The van der Waals surface area contributed by atoms with Gasteiger partial charge in [0.2, 0.25) is 0 Å². The summed E-state index contributed by atoms with van der Waals surface area (Å²) in [5.74, 6) is -1.86. The van der Waals surface area contributed by atoms with Crippen molar-refractivity contribution in [1.82, 2.24) is 9.96 Å². The first-order valence-electron chi connectivity index (χ1n) is 10.1. The molecule has 0 aliphatic carbocycles. The van der Waals surface area contributed by atoms with Crippen LogP contribution in [0, 0.1) is 0 Å². The third-order valence-corrected chi connectivity index (χ3v) is 4.87. The zero-order chi connectivity index (χ0) is 23.0. The summed E-state index contributed by atoms with van der Waals surface area (Å²) in [7, 11) is 0. The molecule has 9 nitrogen and oxygen atoms in total. The van der Waals surface area contributed by atoms with Crippen LogP contribution >= 0.6 is 0 Å². The fraction of sp³-hybridized carbons (Fsp3) is 0.304. The lowest BCUT2D eigenvalue weighted by Gasteiger charge is -2.26. The number of amides is 3. The summed E-state index contributed by atoms with van der Waals surface area (Å²) >= 11 is 0. The van der Waals surface area contributed by atoms with Crippen molar-refractivity contribution in [3.05, 3.63) is 64.7 Å². The quantitative estimate of drug-likeness (QED) is 0.664. The van der Waals surface area contributed by atoms with Crippen molar-refractivity contribution in [3.63, 3.8) is 0 Å². The Labute approximate surface area is 184 Å². The number of hydrogen-bond donors (Lipinski definition) is 0. The Bertz CT molecular complexity index is 1080. The van der Waals surface area contributed by atoms with E-state index in [-0.39, 0.29) is 29.8 Å². The van der Waals surface area contributed by atoms with Gasteiger partial charge < -0.3 is 19.2 Å². The highest BCUT2D eigenvalue weighted by molar-refractivity contribution is 6.21. The molecule has 2 aliphatic heterocycles. The number of fused-ring (bicyclic) bond motifs is 2. The minimum absolute atomic E-state index is 0.103. The molecule has 4 rings (SSSR count). The third kappa shape index (κ3) is 4.14. The Kier molecular flexibility index (Phi) is 5.33. The molecule has 0 unspecified atom stereocenters. The summed E-state index contributed by atoms with van der Waals surface area (Å²) in [6, 6.07) is 10.8. The first kappa shape index (κ1) is 21.4. The van der Waals surface area contributed by atoms with E-state index < -0.39 is 29.5 Å². The maximum atomic E-state index is 12.6. The fourth-order valence-corrected chi connectivity index (χ4v) is 3.36. The van der Waals surface area contributed by atoms with Gasteiger partial charge >= 0.3 is 12.1 Å². The summed E-state index contributed by atoms with van der Waals surface area (Å²) in [6.45, 7) is 6.15. The molecule has 0 atom stereocenters. The van der Waals surface area contributed by atoms with Crippen molar-refractivity contribution in [2.75, 3.05) is 13.2 Å². The van der Waals surface area contributed by atoms with Gasteiger partial charge in [-0.05, 0) is 45.0 Å². The molecular weight excluding hydrogens is 416 g/mol. The lowest BCUT2D eigenvalue weighted by atomic mass is 10.1. The zero-order valence-electron chi connectivity index (χ0n) is 17.9. The molecule has 9 heteroatoms. The van der Waals surface area contributed by atoms with Crippen molar-refractivity contribution in [2.45, 2.75) is 32.9 Å². The highest BCUT2D eigenvalue weighted by Gasteiger charge is 2.39. The number of rotatable bonds is 2. The Morgan fingerprint density at radius 1 is 1.00 bits per heavy atom. The first-order valence-corrected chi connectivity index (χ1v) is 10.1. The number of carbonyl (C=O) groups excluding carboxylic acids is 4. The van der Waals surface area contributed by atoms with Crippen molar-refractivity contribution in [2.24, 2.45) is 0 Å². The predicted octanol–water partition coefficient (Wildman–Crippen LogP) is 3.18. The highest BCUT2D eigenvalue weighted by Crippen LogP contribution is 2.27. The van der Waals surface area contributed by atoms with Crippen LogP contribution in [0.2, 0.25) is 0 Å². The number of ether oxygens (including phenoxy) is 2. The monoisotopic (exact) mass is 438 g/mol. The molecule has 0 saturated heterocycles. The Morgan fingerprint density at radius 3 is 2.28 bits per heavy atom. The van der Waals surface area contributed by atoms with Crippen LogP contribution in [0.1, 0.15) is 57.4 Å². The second-order valence-electron chi connectivity index (χ2n) is 8.40. The fourth-order valence-electron chi connectivity index (χ4n) is 3.36. The molecule has 0 radical (unpaired) electrons. The smallest absolute Gasteiger partial charge is 0.410 e. The molecule has 0 N–H and O–H groups in total. The molecule has 166 valence electrons. The van der Waals surface area contributed by atoms with E-state index in [0.717, 1.165) is 0 Å². The molecule has 2 aromatic rings. The van der Waals surface area contributed by atoms with Gasteiger partial charge in [0.1, 0.15) is 18.0 Å². The average molecular weight is 438 g/mol. The van der Waals surface area contributed by atoms with E-state index in [9.17, 15) is 19.2 Å². The van der Waals surface area contributed by atoms with Gasteiger partial charge in [-0.1, -0.05) is 23.3 Å². The van der Waals surface area contributed by atoms with E-state index in [1.807, 2.05) is 0 Å². The molecule has 2 heterocycles. The normalized spacial score (nSPS) is 15.5. The van der Waals surface area contributed by atoms with Crippen LogP contribution in [0.3, 0.4) is 0 Å². The predicted molar refractivity (Wildman–Crippen MR) is 111 cm³/mol. The second kappa shape index (κ2) is 7.99. The summed E-state index contributed by atoms with van der Waals surface area (Å²) in [5.41, 5.74) is 0.525. The van der Waals surface area contributed by atoms with Gasteiger partial charge in [0.25, 0.3) is 11.8 Å². The van der Waals surface area contributed by atoms with Crippen LogP contribution < -0.4 is 4.74 Å². The number of imide groups is 1. The van der Waals surface area contributed by atoms with Gasteiger partial charge in [0.15, 0.2) is 0 Å². The molecular formula is C23H22N2O7. The van der Waals surface area contributed by atoms with Crippen LogP contribution in [0.5, 0.6) is 5.75 Å². The van der Waals surface area contributed by atoms with Gasteiger partial charge in [-0.25, -0.2) is 9.59 Å². The minimum Gasteiger partial charge on any atom is -0.491 e. The molecule has 0 spiro atoms. The maximum absolute atomic E-state index is 12.6. The van der Waals surface area contributed by atoms with E-state index in [4.69, 9.17) is 14.3 Å². The molecule has 32 heavy (non-hydrogen) atoms. The van der Waals surface area contributed by atoms with E-state index >= 15 is 0 Å². The largest absolute Gasteiger partial charge is 0.491 e. The van der Waals surface area contributed by atoms with E-state index in [1.165, 1.54) is 29.2 Å². The number of benzene rings is 2. The SMILES string of the molecule is CC(C)(C)OC(=O)N1CCOc2cc(C(=O)ON3C(=O)c4ccccc4C3=O)ccc2C1. The van der Waals surface area contributed by atoms with Crippen molar-refractivity contribution in [3.8, 4) is 5.75 Å². The second-order valence-corrected chi connectivity index (χ2v) is 8.40. The third-order valence-electron chi connectivity index (χ3n) is 4.87. The van der Waals surface area contributed by atoms with Gasteiger partial charge in [-0.15, -0.1) is 0 Å². The Morgan fingerprint density at radius 2 is 1.66 bits per heavy atom. The molecule has 2 aromatic carbocycles. The standard InChI is InChI=1S/C23H22N2O7/c1-23(2,3)31-22(29)24-10-11-30-18-12-14(8-9-15(18)13-24)21(28)32-25-19(26)16-6-4-5-7-17(16)20(25)27/h4-9,12H,10-11,13H2,1-3H3. The minimum atomic E-state index is -0.876. The topological polar surface area (TPSA) is 102 Å². The number of hydrogen-bond acceptors (Lipinski definition) is 7. The van der Waals surface area contributed by atoms with Gasteiger partial charge in [0, 0.05) is 5.56 Å². The Hall–Kier alpha value is -3.88. The van der Waals surface area contributed by atoms with Crippen molar-refractivity contribution >= 4 is 23.9 Å². The van der Waals surface area contributed by atoms with Gasteiger partial charge in [0.05, 0.1) is 29.8 Å². The summed E-state index contributed by atoms with van der Waals surface area (Å²) in [4.78, 5) is 56.5. The Balaban J connectivity index is 1.48. The molecule has 3 amide bonds. The van der Waals surface area contributed by atoms with Crippen LogP contribution in [0.25, 0.3) is 0 Å². The molecule has 2 aliphatic rings. The van der Waals surface area contributed by atoms with Gasteiger partial charge in [-0.2, -0.15) is 0 Å². The lowest BCUT2D eigenvalue weighted by Crippen LogP contribution is -2.37. The summed E-state index contributed by atoms with van der Waals surface area (Å²) in [6.07, 6.45) is -0.455. The number of nitrogens with zero attached hydrogens (tertiary/aromatic N) is 2.